The zero-order chi connectivity index (χ0) is 12.4. The number of nitrogens with one attached hydrogen (secondary N) is 2. The standard InChI is InChI=1S/C14H19N3O/c18-14(11-9-15-10-11)16-12-3-5-13(6-4-12)17-7-1-2-8-17/h3-6,11,15H,1-2,7-10H2,(H,16,18). The predicted octanol–water partition coefficient (Wildman–Crippen LogP) is 1.44. The molecule has 3 rings (SSSR count). The second-order valence-corrected chi connectivity index (χ2v) is 5.09. The zero-order valence-corrected chi connectivity index (χ0v) is 10.5. The Balaban J connectivity index is 1.61. The van der Waals surface area contributed by atoms with Crippen molar-refractivity contribution >= 4 is 17.3 Å². The van der Waals surface area contributed by atoms with Crippen LogP contribution in [0.15, 0.2) is 24.3 Å². The number of nitrogens with zero attached hydrogens (tertiary/aromatic N) is 1. The average molecular weight is 245 g/mol. The van der Waals surface area contributed by atoms with Gasteiger partial charge in [0.2, 0.25) is 5.91 Å². The van der Waals surface area contributed by atoms with Crippen LogP contribution in [-0.2, 0) is 4.79 Å². The first kappa shape index (κ1) is 11.5. The number of amides is 1. The van der Waals surface area contributed by atoms with E-state index in [1.165, 1.54) is 18.5 Å². The number of benzene rings is 1. The lowest BCUT2D eigenvalue weighted by atomic mass is 10.0. The first-order valence-electron chi connectivity index (χ1n) is 6.69. The molecule has 1 aromatic carbocycles. The van der Waals surface area contributed by atoms with Crippen molar-refractivity contribution in [1.82, 2.24) is 5.32 Å². The fourth-order valence-corrected chi connectivity index (χ4v) is 2.45. The van der Waals surface area contributed by atoms with Crippen LogP contribution in [0.5, 0.6) is 0 Å². The van der Waals surface area contributed by atoms with Crippen molar-refractivity contribution in [2.24, 2.45) is 5.92 Å². The minimum Gasteiger partial charge on any atom is -0.372 e. The molecule has 0 radical (unpaired) electrons. The van der Waals surface area contributed by atoms with Gasteiger partial charge in [0.15, 0.2) is 0 Å². The monoisotopic (exact) mass is 245 g/mol. The minimum absolute atomic E-state index is 0.127. The highest BCUT2D eigenvalue weighted by Gasteiger charge is 2.24. The SMILES string of the molecule is O=C(Nc1ccc(N2CCCC2)cc1)C1CNC1. The van der Waals surface area contributed by atoms with E-state index in [1.807, 2.05) is 12.1 Å². The molecule has 0 saturated carbocycles. The summed E-state index contributed by atoms with van der Waals surface area (Å²) >= 11 is 0. The summed E-state index contributed by atoms with van der Waals surface area (Å²) in [4.78, 5) is 14.2. The predicted molar refractivity (Wildman–Crippen MR) is 72.9 cm³/mol. The molecule has 96 valence electrons. The van der Waals surface area contributed by atoms with Crippen molar-refractivity contribution < 1.29 is 4.79 Å². The summed E-state index contributed by atoms with van der Waals surface area (Å²) in [6.45, 7) is 3.91. The lowest BCUT2D eigenvalue weighted by Gasteiger charge is -2.26. The Kier molecular flexibility index (Phi) is 3.19. The highest BCUT2D eigenvalue weighted by Crippen LogP contribution is 2.22. The third-order valence-corrected chi connectivity index (χ3v) is 3.76. The normalized spacial score (nSPS) is 19.7. The van der Waals surface area contributed by atoms with E-state index in [1.54, 1.807) is 0 Å². The molecule has 4 heteroatoms. The van der Waals surface area contributed by atoms with Crippen LogP contribution in [-0.4, -0.2) is 32.1 Å². The largest absolute Gasteiger partial charge is 0.372 e. The lowest BCUT2D eigenvalue weighted by molar-refractivity contribution is -0.121. The molecule has 18 heavy (non-hydrogen) atoms. The van der Waals surface area contributed by atoms with E-state index < -0.39 is 0 Å². The van der Waals surface area contributed by atoms with Crippen molar-refractivity contribution in [3.63, 3.8) is 0 Å². The van der Waals surface area contributed by atoms with Gasteiger partial charge in [0.1, 0.15) is 0 Å². The van der Waals surface area contributed by atoms with Gasteiger partial charge >= 0.3 is 0 Å². The maximum absolute atomic E-state index is 11.8. The van der Waals surface area contributed by atoms with Crippen molar-refractivity contribution in [2.75, 3.05) is 36.4 Å². The maximum Gasteiger partial charge on any atom is 0.230 e. The number of carbonyl (C=O) groups is 1. The third-order valence-electron chi connectivity index (χ3n) is 3.76. The van der Waals surface area contributed by atoms with Crippen LogP contribution in [0.2, 0.25) is 0 Å². The van der Waals surface area contributed by atoms with E-state index in [-0.39, 0.29) is 11.8 Å². The summed E-state index contributed by atoms with van der Waals surface area (Å²) in [7, 11) is 0. The lowest BCUT2D eigenvalue weighted by Crippen LogP contribution is -2.48. The Hall–Kier alpha value is -1.55. The summed E-state index contributed by atoms with van der Waals surface area (Å²) < 4.78 is 0. The Bertz CT molecular complexity index is 419. The van der Waals surface area contributed by atoms with Crippen LogP contribution in [0.25, 0.3) is 0 Å². The number of hydrogen-bond acceptors (Lipinski definition) is 3. The van der Waals surface area contributed by atoms with Gasteiger partial charge in [0.25, 0.3) is 0 Å². The highest BCUT2D eigenvalue weighted by atomic mass is 16.2. The number of hydrogen-bond donors (Lipinski definition) is 2. The first-order chi connectivity index (χ1) is 8.83. The summed E-state index contributed by atoms with van der Waals surface area (Å²) in [5.74, 6) is 0.269. The summed E-state index contributed by atoms with van der Waals surface area (Å²) in [5, 5.41) is 6.07. The van der Waals surface area contributed by atoms with Crippen LogP contribution in [0.1, 0.15) is 12.8 Å². The van der Waals surface area contributed by atoms with E-state index in [0.717, 1.165) is 31.9 Å². The van der Waals surface area contributed by atoms with Crippen molar-refractivity contribution in [2.45, 2.75) is 12.8 Å². The van der Waals surface area contributed by atoms with Crippen LogP contribution in [0.4, 0.5) is 11.4 Å². The molecule has 4 nitrogen and oxygen atoms in total. The molecule has 2 fully saturated rings. The molecule has 0 spiro atoms. The fourth-order valence-electron chi connectivity index (χ4n) is 2.45. The molecular formula is C14H19N3O. The Labute approximate surface area is 107 Å². The molecule has 2 heterocycles. The number of anilines is 2. The number of carbonyl (C=O) groups excluding carboxylic acids is 1. The molecule has 2 saturated heterocycles. The van der Waals surface area contributed by atoms with E-state index in [2.05, 4.69) is 27.7 Å². The van der Waals surface area contributed by atoms with Gasteiger partial charge in [-0.3, -0.25) is 4.79 Å². The molecule has 2 aliphatic heterocycles. The molecule has 2 N–H and O–H groups in total. The molecule has 0 atom stereocenters. The molecule has 0 aliphatic carbocycles. The van der Waals surface area contributed by atoms with E-state index in [9.17, 15) is 4.79 Å². The summed E-state index contributed by atoms with van der Waals surface area (Å²) in [6, 6.07) is 8.19. The second kappa shape index (κ2) is 4.98. The first-order valence-corrected chi connectivity index (χ1v) is 6.69. The second-order valence-electron chi connectivity index (χ2n) is 5.09. The molecule has 1 amide bonds. The Morgan fingerprint density at radius 3 is 2.39 bits per heavy atom. The van der Waals surface area contributed by atoms with Gasteiger partial charge in [0.05, 0.1) is 5.92 Å². The minimum atomic E-state index is 0.127. The molecule has 0 aromatic heterocycles. The van der Waals surface area contributed by atoms with Gasteiger partial charge in [-0.25, -0.2) is 0 Å². The third kappa shape index (κ3) is 2.34. The summed E-state index contributed by atoms with van der Waals surface area (Å²) in [6.07, 6.45) is 2.57. The van der Waals surface area contributed by atoms with Crippen LogP contribution in [0, 0.1) is 5.92 Å². The van der Waals surface area contributed by atoms with E-state index in [0.29, 0.717) is 0 Å². The van der Waals surface area contributed by atoms with E-state index >= 15 is 0 Å². The fraction of sp³-hybridized carbons (Fsp3) is 0.500. The van der Waals surface area contributed by atoms with Crippen LogP contribution in [0.3, 0.4) is 0 Å². The van der Waals surface area contributed by atoms with Crippen LogP contribution < -0.4 is 15.5 Å². The van der Waals surface area contributed by atoms with E-state index in [4.69, 9.17) is 0 Å². The van der Waals surface area contributed by atoms with Gasteiger partial charge in [-0.05, 0) is 37.1 Å². The van der Waals surface area contributed by atoms with Gasteiger partial charge < -0.3 is 15.5 Å². The topological polar surface area (TPSA) is 44.4 Å². The average Bonchev–Trinajstić information content (AvgIpc) is 2.81. The molecule has 1 aromatic rings. The van der Waals surface area contributed by atoms with Gasteiger partial charge in [0, 0.05) is 37.6 Å². The zero-order valence-electron chi connectivity index (χ0n) is 10.5. The van der Waals surface area contributed by atoms with Gasteiger partial charge in [-0.1, -0.05) is 0 Å². The Morgan fingerprint density at radius 1 is 1.17 bits per heavy atom. The van der Waals surface area contributed by atoms with Crippen molar-refractivity contribution in [3.05, 3.63) is 24.3 Å². The molecule has 0 unspecified atom stereocenters. The molecule has 2 aliphatic rings. The number of rotatable bonds is 3. The Morgan fingerprint density at radius 2 is 1.83 bits per heavy atom. The van der Waals surface area contributed by atoms with Crippen molar-refractivity contribution in [1.29, 1.82) is 0 Å². The smallest absolute Gasteiger partial charge is 0.230 e. The van der Waals surface area contributed by atoms with Crippen molar-refractivity contribution in [3.8, 4) is 0 Å². The molecule has 0 bridgehead atoms. The van der Waals surface area contributed by atoms with Gasteiger partial charge in [-0.2, -0.15) is 0 Å². The maximum atomic E-state index is 11.8. The quantitative estimate of drug-likeness (QED) is 0.847. The molecular weight excluding hydrogens is 226 g/mol. The van der Waals surface area contributed by atoms with Gasteiger partial charge in [-0.15, -0.1) is 0 Å². The van der Waals surface area contributed by atoms with Crippen LogP contribution >= 0.6 is 0 Å². The summed E-state index contributed by atoms with van der Waals surface area (Å²) in [5.41, 5.74) is 2.16. The highest BCUT2D eigenvalue weighted by molar-refractivity contribution is 5.93.